The Balaban J connectivity index is 1.73. The zero-order valence-corrected chi connectivity index (χ0v) is 13.0. The first-order valence-electron chi connectivity index (χ1n) is 8.11. The summed E-state index contributed by atoms with van der Waals surface area (Å²) in [6.07, 6.45) is 4.19. The van der Waals surface area contributed by atoms with Gasteiger partial charge in [-0.3, -0.25) is 9.59 Å². The molecule has 2 aromatic carbocycles. The van der Waals surface area contributed by atoms with Gasteiger partial charge in [-0.25, -0.2) is 0 Å². The number of carboxylic acids is 1. The minimum Gasteiger partial charge on any atom is -0.481 e. The molecule has 0 unspecified atom stereocenters. The summed E-state index contributed by atoms with van der Waals surface area (Å²) in [6, 6.07) is 13.4. The van der Waals surface area contributed by atoms with E-state index in [4.69, 9.17) is 0 Å². The van der Waals surface area contributed by atoms with Crippen LogP contribution in [0, 0.1) is 5.41 Å². The van der Waals surface area contributed by atoms with Gasteiger partial charge in [0, 0.05) is 12.1 Å². The fourth-order valence-corrected chi connectivity index (χ4v) is 3.38. The summed E-state index contributed by atoms with van der Waals surface area (Å²) in [5, 5.41) is 14.5. The summed E-state index contributed by atoms with van der Waals surface area (Å²) in [5.74, 6) is -1.00. The fourth-order valence-electron chi connectivity index (χ4n) is 3.38. The van der Waals surface area contributed by atoms with Gasteiger partial charge >= 0.3 is 5.97 Å². The molecule has 1 saturated carbocycles. The summed E-state index contributed by atoms with van der Waals surface area (Å²) in [5.41, 5.74) is -0.231. The fraction of sp³-hybridized carbons (Fsp3) is 0.368. The van der Waals surface area contributed by atoms with E-state index < -0.39 is 11.4 Å². The Kier molecular flexibility index (Phi) is 4.33. The lowest BCUT2D eigenvalue weighted by molar-refractivity contribution is -0.150. The van der Waals surface area contributed by atoms with E-state index in [0.29, 0.717) is 18.4 Å². The number of carbonyl (C=O) groups excluding carboxylic acids is 1. The predicted octanol–water partition coefficient (Wildman–Crippen LogP) is 3.60. The lowest BCUT2D eigenvalue weighted by Crippen LogP contribution is -2.44. The highest BCUT2D eigenvalue weighted by molar-refractivity contribution is 5.98. The van der Waals surface area contributed by atoms with Crippen LogP contribution in [0.15, 0.2) is 42.5 Å². The summed E-state index contributed by atoms with van der Waals surface area (Å²) < 4.78 is 0. The van der Waals surface area contributed by atoms with Gasteiger partial charge in [0.25, 0.3) is 5.91 Å². The number of nitrogens with one attached hydrogen (secondary N) is 1. The molecule has 2 aromatic rings. The SMILES string of the molecule is O=C(NCC1(C(=O)O)CCCCC1)c1ccc2ccccc2c1. The van der Waals surface area contributed by atoms with Crippen molar-refractivity contribution in [3.8, 4) is 0 Å². The number of hydrogen-bond acceptors (Lipinski definition) is 2. The van der Waals surface area contributed by atoms with Crippen molar-refractivity contribution in [1.82, 2.24) is 5.32 Å². The number of benzene rings is 2. The molecule has 4 nitrogen and oxygen atoms in total. The molecule has 1 amide bonds. The third-order valence-electron chi connectivity index (χ3n) is 4.86. The van der Waals surface area contributed by atoms with Crippen molar-refractivity contribution in [2.24, 2.45) is 5.41 Å². The smallest absolute Gasteiger partial charge is 0.311 e. The van der Waals surface area contributed by atoms with Gasteiger partial charge < -0.3 is 10.4 Å². The molecule has 2 N–H and O–H groups in total. The van der Waals surface area contributed by atoms with Gasteiger partial charge in [-0.15, -0.1) is 0 Å². The summed E-state index contributed by atoms with van der Waals surface area (Å²) >= 11 is 0. The highest BCUT2D eigenvalue weighted by Gasteiger charge is 2.39. The van der Waals surface area contributed by atoms with Gasteiger partial charge in [0.1, 0.15) is 0 Å². The minimum absolute atomic E-state index is 0.202. The van der Waals surface area contributed by atoms with Gasteiger partial charge in [-0.05, 0) is 35.7 Å². The number of hydrogen-bond donors (Lipinski definition) is 2. The number of fused-ring (bicyclic) bond motifs is 1. The number of aliphatic carboxylic acids is 1. The van der Waals surface area contributed by atoms with Gasteiger partial charge in [-0.2, -0.15) is 0 Å². The zero-order chi connectivity index (χ0) is 16.3. The lowest BCUT2D eigenvalue weighted by Gasteiger charge is -2.33. The maximum absolute atomic E-state index is 12.4. The molecule has 0 heterocycles. The second kappa shape index (κ2) is 6.41. The normalized spacial score (nSPS) is 16.9. The van der Waals surface area contributed by atoms with Crippen molar-refractivity contribution in [3.05, 3.63) is 48.0 Å². The molecular formula is C19H21NO3. The van der Waals surface area contributed by atoms with E-state index in [1.54, 1.807) is 6.07 Å². The molecular weight excluding hydrogens is 290 g/mol. The largest absolute Gasteiger partial charge is 0.481 e. The predicted molar refractivity (Wildman–Crippen MR) is 89.4 cm³/mol. The second-order valence-electron chi connectivity index (χ2n) is 6.39. The van der Waals surface area contributed by atoms with Crippen molar-refractivity contribution < 1.29 is 14.7 Å². The molecule has 1 aliphatic carbocycles. The van der Waals surface area contributed by atoms with Crippen molar-refractivity contribution in [3.63, 3.8) is 0 Å². The van der Waals surface area contributed by atoms with Crippen molar-refractivity contribution in [1.29, 1.82) is 0 Å². The standard InChI is InChI=1S/C19H21NO3/c21-17(16-9-8-14-6-2-3-7-15(14)12-16)20-13-19(18(22)23)10-4-1-5-11-19/h2-3,6-9,12H,1,4-5,10-11,13H2,(H,20,21)(H,22,23). The van der Waals surface area contributed by atoms with E-state index in [2.05, 4.69) is 5.32 Å². The highest BCUT2D eigenvalue weighted by atomic mass is 16.4. The third-order valence-corrected chi connectivity index (χ3v) is 4.86. The van der Waals surface area contributed by atoms with E-state index in [1.807, 2.05) is 36.4 Å². The second-order valence-corrected chi connectivity index (χ2v) is 6.39. The molecule has 0 saturated heterocycles. The molecule has 0 spiro atoms. The van der Waals surface area contributed by atoms with Crippen LogP contribution in [0.5, 0.6) is 0 Å². The molecule has 0 radical (unpaired) electrons. The Morgan fingerprint density at radius 1 is 1.00 bits per heavy atom. The van der Waals surface area contributed by atoms with Crippen LogP contribution in [0.2, 0.25) is 0 Å². The van der Waals surface area contributed by atoms with E-state index in [-0.39, 0.29) is 12.5 Å². The molecule has 3 rings (SSSR count). The van der Waals surface area contributed by atoms with Crippen LogP contribution >= 0.6 is 0 Å². The number of carbonyl (C=O) groups is 2. The van der Waals surface area contributed by atoms with E-state index in [1.165, 1.54) is 0 Å². The quantitative estimate of drug-likeness (QED) is 0.906. The number of rotatable bonds is 4. The van der Waals surface area contributed by atoms with Crippen LogP contribution < -0.4 is 5.32 Å². The minimum atomic E-state index is -0.801. The van der Waals surface area contributed by atoms with Crippen LogP contribution in [0.3, 0.4) is 0 Å². The van der Waals surface area contributed by atoms with Gasteiger partial charge in [0.15, 0.2) is 0 Å². The highest BCUT2D eigenvalue weighted by Crippen LogP contribution is 2.36. The Morgan fingerprint density at radius 3 is 2.39 bits per heavy atom. The zero-order valence-electron chi connectivity index (χ0n) is 13.0. The monoisotopic (exact) mass is 311 g/mol. The van der Waals surface area contributed by atoms with Crippen molar-refractivity contribution in [2.75, 3.05) is 6.54 Å². The van der Waals surface area contributed by atoms with Crippen LogP contribution in [0.1, 0.15) is 42.5 Å². The first kappa shape index (κ1) is 15.5. The first-order valence-corrected chi connectivity index (χ1v) is 8.11. The van der Waals surface area contributed by atoms with Gasteiger partial charge in [0.05, 0.1) is 5.41 Å². The van der Waals surface area contributed by atoms with Crippen molar-refractivity contribution >= 4 is 22.6 Å². The summed E-state index contributed by atoms with van der Waals surface area (Å²) in [7, 11) is 0. The van der Waals surface area contributed by atoms with E-state index in [0.717, 1.165) is 30.0 Å². The van der Waals surface area contributed by atoms with Crippen molar-refractivity contribution in [2.45, 2.75) is 32.1 Å². The average Bonchev–Trinajstić information content (AvgIpc) is 2.60. The van der Waals surface area contributed by atoms with Crippen LogP contribution in [0.4, 0.5) is 0 Å². The molecule has 4 heteroatoms. The van der Waals surface area contributed by atoms with E-state index in [9.17, 15) is 14.7 Å². The number of amides is 1. The maximum Gasteiger partial charge on any atom is 0.311 e. The van der Waals surface area contributed by atoms with Crippen LogP contribution in [-0.4, -0.2) is 23.5 Å². The van der Waals surface area contributed by atoms with E-state index >= 15 is 0 Å². The average molecular weight is 311 g/mol. The molecule has 0 bridgehead atoms. The Labute approximate surface area is 135 Å². The molecule has 0 aromatic heterocycles. The van der Waals surface area contributed by atoms with Gasteiger partial charge in [-0.1, -0.05) is 49.6 Å². The number of carboxylic acid groups (broad SMARTS) is 1. The molecule has 120 valence electrons. The summed E-state index contributed by atoms with van der Waals surface area (Å²) in [6.45, 7) is 0.202. The third kappa shape index (κ3) is 3.21. The first-order chi connectivity index (χ1) is 11.1. The summed E-state index contributed by atoms with van der Waals surface area (Å²) in [4.78, 5) is 24.0. The maximum atomic E-state index is 12.4. The van der Waals surface area contributed by atoms with Crippen LogP contribution in [0.25, 0.3) is 10.8 Å². The molecule has 0 aliphatic heterocycles. The molecule has 1 fully saturated rings. The molecule has 1 aliphatic rings. The van der Waals surface area contributed by atoms with Crippen LogP contribution in [-0.2, 0) is 4.79 Å². The Hall–Kier alpha value is -2.36. The lowest BCUT2D eigenvalue weighted by atomic mass is 9.74. The molecule has 0 atom stereocenters. The Bertz CT molecular complexity index is 732. The Morgan fingerprint density at radius 2 is 1.70 bits per heavy atom. The van der Waals surface area contributed by atoms with Gasteiger partial charge in [0.2, 0.25) is 0 Å². The topological polar surface area (TPSA) is 66.4 Å². The molecule has 23 heavy (non-hydrogen) atoms.